The predicted octanol–water partition coefficient (Wildman–Crippen LogP) is 2.78. The molecule has 1 aliphatic heterocycles. The van der Waals surface area contributed by atoms with Gasteiger partial charge >= 0.3 is 0 Å². The van der Waals surface area contributed by atoms with E-state index in [1.54, 1.807) is 6.26 Å². The molecule has 1 aromatic rings. The van der Waals surface area contributed by atoms with Gasteiger partial charge in [0.05, 0.1) is 25.0 Å². The largest absolute Gasteiger partial charge is 0.468 e. The lowest BCUT2D eigenvalue weighted by atomic mass is 10.1. The first-order valence-electron chi connectivity index (χ1n) is 7.51. The molecule has 0 saturated carbocycles. The molecule has 1 aromatic heterocycles. The van der Waals surface area contributed by atoms with Crippen LogP contribution >= 0.6 is 0 Å². The van der Waals surface area contributed by atoms with Gasteiger partial charge < -0.3 is 14.5 Å². The second-order valence-corrected chi connectivity index (χ2v) is 6.92. The van der Waals surface area contributed by atoms with Gasteiger partial charge in [-0.3, -0.25) is 4.90 Å². The molecule has 1 N–H and O–H groups in total. The van der Waals surface area contributed by atoms with Gasteiger partial charge in [0.1, 0.15) is 5.76 Å². The van der Waals surface area contributed by atoms with Crippen LogP contribution in [-0.4, -0.2) is 35.7 Å². The molecule has 1 fully saturated rings. The molecule has 0 aromatic carbocycles. The van der Waals surface area contributed by atoms with Crippen molar-refractivity contribution in [1.29, 1.82) is 0 Å². The molecule has 0 spiro atoms. The van der Waals surface area contributed by atoms with Crippen molar-refractivity contribution in [2.45, 2.75) is 65.5 Å². The van der Waals surface area contributed by atoms with Crippen LogP contribution in [0.1, 0.15) is 45.9 Å². The quantitative estimate of drug-likeness (QED) is 0.920. The van der Waals surface area contributed by atoms with Crippen LogP contribution in [0.25, 0.3) is 0 Å². The number of hydrogen-bond acceptors (Lipinski definition) is 4. The minimum atomic E-state index is 0.103. The smallest absolute Gasteiger partial charge is 0.122 e. The Balaban J connectivity index is 1.94. The molecule has 0 radical (unpaired) electrons. The third-order valence-electron chi connectivity index (χ3n) is 3.51. The van der Waals surface area contributed by atoms with Crippen molar-refractivity contribution in [3.8, 4) is 0 Å². The summed E-state index contributed by atoms with van der Waals surface area (Å²) in [4.78, 5) is 2.45. The van der Waals surface area contributed by atoms with E-state index in [2.05, 4.69) is 50.9 Å². The summed E-state index contributed by atoms with van der Waals surface area (Å²) in [6.07, 6.45) is 2.41. The van der Waals surface area contributed by atoms with E-state index in [1.807, 2.05) is 0 Å². The van der Waals surface area contributed by atoms with E-state index in [9.17, 15) is 0 Å². The monoisotopic (exact) mass is 280 g/mol. The Labute approximate surface area is 122 Å². The van der Waals surface area contributed by atoms with E-state index in [-0.39, 0.29) is 5.54 Å². The molecule has 20 heavy (non-hydrogen) atoms. The van der Waals surface area contributed by atoms with Crippen LogP contribution in [-0.2, 0) is 17.8 Å². The van der Waals surface area contributed by atoms with Crippen molar-refractivity contribution < 1.29 is 9.15 Å². The van der Waals surface area contributed by atoms with E-state index < -0.39 is 0 Å². The molecule has 4 nitrogen and oxygen atoms in total. The van der Waals surface area contributed by atoms with Crippen LogP contribution in [0.4, 0.5) is 0 Å². The third kappa shape index (κ3) is 4.62. The highest BCUT2D eigenvalue weighted by Gasteiger charge is 2.23. The molecule has 1 saturated heterocycles. The van der Waals surface area contributed by atoms with Crippen molar-refractivity contribution >= 4 is 0 Å². The summed E-state index contributed by atoms with van der Waals surface area (Å²) in [5, 5.41) is 3.48. The van der Waals surface area contributed by atoms with E-state index in [0.717, 1.165) is 31.9 Å². The van der Waals surface area contributed by atoms with Crippen molar-refractivity contribution in [2.24, 2.45) is 0 Å². The standard InChI is InChI=1S/C16H28N2O2/c1-12-9-18(10-13(2)20-12)11-14-6-7-19-15(14)8-17-16(3,4)5/h6-7,12-13,17H,8-11H2,1-5H3/t12-,13+. The van der Waals surface area contributed by atoms with Gasteiger partial charge in [0, 0.05) is 30.7 Å². The van der Waals surface area contributed by atoms with E-state index >= 15 is 0 Å². The average molecular weight is 280 g/mol. The minimum absolute atomic E-state index is 0.103. The first kappa shape index (κ1) is 15.5. The van der Waals surface area contributed by atoms with E-state index in [4.69, 9.17) is 9.15 Å². The zero-order valence-corrected chi connectivity index (χ0v) is 13.4. The van der Waals surface area contributed by atoms with Crippen LogP contribution in [0.2, 0.25) is 0 Å². The number of morpholine rings is 1. The van der Waals surface area contributed by atoms with E-state index in [1.165, 1.54) is 5.56 Å². The van der Waals surface area contributed by atoms with Crippen molar-refractivity contribution in [2.75, 3.05) is 13.1 Å². The molecular formula is C16H28N2O2. The highest BCUT2D eigenvalue weighted by Crippen LogP contribution is 2.18. The van der Waals surface area contributed by atoms with Crippen LogP contribution in [0.5, 0.6) is 0 Å². The minimum Gasteiger partial charge on any atom is -0.468 e. The highest BCUT2D eigenvalue weighted by atomic mass is 16.5. The number of ether oxygens (including phenoxy) is 1. The fourth-order valence-corrected chi connectivity index (χ4v) is 2.66. The highest BCUT2D eigenvalue weighted by molar-refractivity contribution is 5.17. The number of furan rings is 1. The summed E-state index contributed by atoms with van der Waals surface area (Å²) in [5.41, 5.74) is 1.38. The second kappa shape index (κ2) is 6.29. The van der Waals surface area contributed by atoms with Crippen LogP contribution in [0, 0.1) is 0 Å². The molecule has 1 aliphatic rings. The van der Waals surface area contributed by atoms with Crippen molar-refractivity contribution in [3.63, 3.8) is 0 Å². The van der Waals surface area contributed by atoms with Gasteiger partial charge in [0.25, 0.3) is 0 Å². The Morgan fingerprint density at radius 2 is 1.90 bits per heavy atom. The second-order valence-electron chi connectivity index (χ2n) is 6.92. The zero-order valence-electron chi connectivity index (χ0n) is 13.4. The van der Waals surface area contributed by atoms with Gasteiger partial charge in [-0.25, -0.2) is 0 Å². The van der Waals surface area contributed by atoms with Crippen LogP contribution in [0.3, 0.4) is 0 Å². The first-order chi connectivity index (χ1) is 9.33. The van der Waals surface area contributed by atoms with Gasteiger partial charge in [0.2, 0.25) is 0 Å². The molecule has 114 valence electrons. The number of nitrogens with one attached hydrogen (secondary N) is 1. The van der Waals surface area contributed by atoms with Gasteiger partial charge in [-0.05, 0) is 40.7 Å². The lowest BCUT2D eigenvalue weighted by Gasteiger charge is -2.35. The molecule has 0 aliphatic carbocycles. The van der Waals surface area contributed by atoms with Crippen LogP contribution in [0.15, 0.2) is 16.7 Å². The molecular weight excluding hydrogens is 252 g/mol. The fourth-order valence-electron chi connectivity index (χ4n) is 2.66. The normalized spacial score (nSPS) is 25.1. The van der Waals surface area contributed by atoms with Gasteiger partial charge in [0.15, 0.2) is 0 Å². The number of rotatable bonds is 4. The summed E-state index contributed by atoms with van der Waals surface area (Å²) in [6.45, 7) is 14.5. The SMILES string of the molecule is C[C@@H]1CN(Cc2ccoc2CNC(C)(C)C)C[C@H](C)O1. The Morgan fingerprint density at radius 1 is 1.25 bits per heavy atom. The Kier molecular flexibility index (Phi) is 4.89. The van der Waals surface area contributed by atoms with Crippen LogP contribution < -0.4 is 5.32 Å². The Morgan fingerprint density at radius 3 is 2.50 bits per heavy atom. The summed E-state index contributed by atoms with van der Waals surface area (Å²) in [6, 6.07) is 2.09. The maximum atomic E-state index is 5.78. The van der Waals surface area contributed by atoms with Gasteiger partial charge in [-0.2, -0.15) is 0 Å². The topological polar surface area (TPSA) is 37.6 Å². The summed E-state index contributed by atoms with van der Waals surface area (Å²) in [5.74, 6) is 1.05. The lowest BCUT2D eigenvalue weighted by molar-refractivity contribution is -0.0706. The summed E-state index contributed by atoms with van der Waals surface area (Å²) >= 11 is 0. The van der Waals surface area contributed by atoms with Gasteiger partial charge in [-0.1, -0.05) is 0 Å². The molecule has 0 unspecified atom stereocenters. The number of nitrogens with zero attached hydrogens (tertiary/aromatic N) is 1. The third-order valence-corrected chi connectivity index (χ3v) is 3.51. The van der Waals surface area contributed by atoms with E-state index in [0.29, 0.717) is 12.2 Å². The average Bonchev–Trinajstić information content (AvgIpc) is 2.71. The lowest BCUT2D eigenvalue weighted by Crippen LogP contribution is -2.45. The molecule has 2 heterocycles. The first-order valence-corrected chi connectivity index (χ1v) is 7.51. The molecule has 2 rings (SSSR count). The molecule has 4 heteroatoms. The summed E-state index contributed by atoms with van der Waals surface area (Å²) < 4.78 is 11.4. The number of hydrogen-bond donors (Lipinski definition) is 1. The maximum Gasteiger partial charge on any atom is 0.122 e. The van der Waals surface area contributed by atoms with Gasteiger partial charge in [-0.15, -0.1) is 0 Å². The molecule has 0 bridgehead atoms. The molecule has 0 amide bonds. The van der Waals surface area contributed by atoms with Crippen molar-refractivity contribution in [3.05, 3.63) is 23.7 Å². The fraction of sp³-hybridized carbons (Fsp3) is 0.750. The Bertz CT molecular complexity index is 412. The summed E-state index contributed by atoms with van der Waals surface area (Å²) in [7, 11) is 0. The van der Waals surface area contributed by atoms with Crippen molar-refractivity contribution in [1.82, 2.24) is 10.2 Å². The zero-order chi connectivity index (χ0) is 14.8. The maximum absolute atomic E-state index is 5.78. The Hall–Kier alpha value is -0.840. The predicted molar refractivity (Wildman–Crippen MR) is 80.6 cm³/mol. The molecule has 2 atom stereocenters.